The summed E-state index contributed by atoms with van der Waals surface area (Å²) in [6, 6.07) is 7.72. The predicted molar refractivity (Wildman–Crippen MR) is 105 cm³/mol. The van der Waals surface area contributed by atoms with Gasteiger partial charge in [-0.1, -0.05) is 6.07 Å². The van der Waals surface area contributed by atoms with E-state index in [1.54, 1.807) is 37.4 Å². The maximum Gasteiger partial charge on any atom is 0.329 e. The SMILES string of the molecule is COc1ccc(CNC(=O)COC(=O)C2CCCN2C(=O)c2ccco2)cc1OC. The molecule has 1 unspecified atom stereocenters. The molecule has 30 heavy (non-hydrogen) atoms. The van der Waals surface area contributed by atoms with Crippen LogP contribution in [0, 0.1) is 0 Å². The number of furan rings is 1. The minimum Gasteiger partial charge on any atom is -0.493 e. The third-order valence-electron chi connectivity index (χ3n) is 4.80. The number of ether oxygens (including phenoxy) is 3. The molecule has 3 rings (SSSR count). The van der Waals surface area contributed by atoms with E-state index in [2.05, 4.69) is 5.32 Å². The minimum atomic E-state index is -0.721. The van der Waals surface area contributed by atoms with Gasteiger partial charge in [-0.05, 0) is 42.7 Å². The van der Waals surface area contributed by atoms with Crippen LogP contribution in [0.4, 0.5) is 0 Å². The Morgan fingerprint density at radius 3 is 2.67 bits per heavy atom. The normalized spacial score (nSPS) is 15.5. The highest BCUT2D eigenvalue weighted by molar-refractivity contribution is 5.95. The summed E-state index contributed by atoms with van der Waals surface area (Å²) in [5, 5.41) is 2.68. The number of likely N-dealkylation sites (tertiary alicyclic amines) is 1. The van der Waals surface area contributed by atoms with E-state index in [4.69, 9.17) is 18.6 Å². The van der Waals surface area contributed by atoms with Crippen LogP contribution >= 0.6 is 0 Å². The highest BCUT2D eigenvalue weighted by Gasteiger charge is 2.36. The van der Waals surface area contributed by atoms with Crippen LogP contribution in [0.15, 0.2) is 41.0 Å². The molecule has 1 atom stereocenters. The van der Waals surface area contributed by atoms with Crippen molar-refractivity contribution in [1.29, 1.82) is 0 Å². The Morgan fingerprint density at radius 1 is 1.17 bits per heavy atom. The van der Waals surface area contributed by atoms with Crippen LogP contribution in [0.2, 0.25) is 0 Å². The van der Waals surface area contributed by atoms with E-state index in [1.165, 1.54) is 18.3 Å². The molecule has 1 aromatic carbocycles. The Labute approximate surface area is 173 Å². The van der Waals surface area contributed by atoms with Crippen LogP contribution in [0.25, 0.3) is 0 Å². The highest BCUT2D eigenvalue weighted by atomic mass is 16.5. The van der Waals surface area contributed by atoms with Crippen molar-refractivity contribution < 1.29 is 33.0 Å². The molecule has 1 aromatic heterocycles. The van der Waals surface area contributed by atoms with E-state index in [-0.39, 0.29) is 18.2 Å². The van der Waals surface area contributed by atoms with Crippen LogP contribution in [0.1, 0.15) is 29.0 Å². The summed E-state index contributed by atoms with van der Waals surface area (Å²) < 4.78 is 20.7. The number of nitrogens with zero attached hydrogens (tertiary/aromatic N) is 1. The van der Waals surface area contributed by atoms with Crippen LogP contribution < -0.4 is 14.8 Å². The number of hydrogen-bond acceptors (Lipinski definition) is 7. The molecule has 9 nitrogen and oxygen atoms in total. The van der Waals surface area contributed by atoms with E-state index >= 15 is 0 Å². The first-order valence-electron chi connectivity index (χ1n) is 9.52. The first kappa shape index (κ1) is 21.2. The molecule has 1 aliphatic heterocycles. The summed E-state index contributed by atoms with van der Waals surface area (Å²) in [4.78, 5) is 38.3. The summed E-state index contributed by atoms with van der Waals surface area (Å²) >= 11 is 0. The van der Waals surface area contributed by atoms with Crippen molar-refractivity contribution in [3.63, 3.8) is 0 Å². The number of amides is 2. The van der Waals surface area contributed by atoms with Crippen LogP contribution in [-0.2, 0) is 20.9 Å². The Bertz CT molecular complexity index is 895. The smallest absolute Gasteiger partial charge is 0.329 e. The van der Waals surface area contributed by atoms with Crippen molar-refractivity contribution in [3.8, 4) is 11.5 Å². The van der Waals surface area contributed by atoms with E-state index in [0.29, 0.717) is 30.9 Å². The maximum absolute atomic E-state index is 12.4. The molecule has 0 spiro atoms. The average molecular weight is 416 g/mol. The van der Waals surface area contributed by atoms with Gasteiger partial charge in [-0.25, -0.2) is 4.79 Å². The second kappa shape index (κ2) is 9.82. The lowest BCUT2D eigenvalue weighted by atomic mass is 10.2. The summed E-state index contributed by atoms with van der Waals surface area (Å²) in [6.07, 6.45) is 2.57. The van der Waals surface area contributed by atoms with Crippen molar-refractivity contribution in [2.75, 3.05) is 27.4 Å². The molecule has 2 heterocycles. The Kier molecular flexibility index (Phi) is 6.95. The van der Waals surface area contributed by atoms with Gasteiger partial charge in [0.25, 0.3) is 11.8 Å². The molecule has 1 aliphatic rings. The van der Waals surface area contributed by atoms with Gasteiger partial charge in [0, 0.05) is 13.1 Å². The monoisotopic (exact) mass is 416 g/mol. The third kappa shape index (κ3) is 4.91. The largest absolute Gasteiger partial charge is 0.493 e. The average Bonchev–Trinajstić information content (AvgIpc) is 3.47. The molecule has 1 saturated heterocycles. The summed E-state index contributed by atoms with van der Waals surface area (Å²) in [5.41, 5.74) is 0.804. The molecule has 1 N–H and O–H groups in total. The zero-order valence-electron chi connectivity index (χ0n) is 16.9. The van der Waals surface area contributed by atoms with Gasteiger partial charge in [0.1, 0.15) is 6.04 Å². The van der Waals surface area contributed by atoms with E-state index < -0.39 is 24.5 Å². The molecule has 1 fully saturated rings. The zero-order valence-corrected chi connectivity index (χ0v) is 16.9. The maximum atomic E-state index is 12.4. The van der Waals surface area contributed by atoms with Crippen molar-refractivity contribution in [2.45, 2.75) is 25.4 Å². The fourth-order valence-corrected chi connectivity index (χ4v) is 3.27. The number of methoxy groups -OCH3 is 2. The van der Waals surface area contributed by atoms with E-state index in [1.807, 2.05) is 0 Å². The molecule has 160 valence electrons. The molecule has 2 amide bonds. The molecular formula is C21H24N2O7. The topological polar surface area (TPSA) is 107 Å². The minimum absolute atomic E-state index is 0.169. The van der Waals surface area contributed by atoms with Crippen molar-refractivity contribution in [2.24, 2.45) is 0 Å². The highest BCUT2D eigenvalue weighted by Crippen LogP contribution is 2.27. The van der Waals surface area contributed by atoms with Gasteiger partial charge in [-0.15, -0.1) is 0 Å². The summed E-state index contributed by atoms with van der Waals surface area (Å²) in [7, 11) is 3.07. The Morgan fingerprint density at radius 2 is 1.97 bits per heavy atom. The fourth-order valence-electron chi connectivity index (χ4n) is 3.27. The van der Waals surface area contributed by atoms with Crippen molar-refractivity contribution >= 4 is 17.8 Å². The number of carbonyl (C=O) groups is 3. The molecule has 2 aromatic rings. The zero-order chi connectivity index (χ0) is 21.5. The Balaban J connectivity index is 1.48. The van der Waals surface area contributed by atoms with E-state index in [0.717, 1.165) is 5.56 Å². The first-order chi connectivity index (χ1) is 14.5. The van der Waals surface area contributed by atoms with Gasteiger partial charge in [-0.2, -0.15) is 0 Å². The second-order valence-corrected chi connectivity index (χ2v) is 6.71. The van der Waals surface area contributed by atoms with Gasteiger partial charge in [0.2, 0.25) is 0 Å². The lowest BCUT2D eigenvalue weighted by Crippen LogP contribution is -2.42. The second-order valence-electron chi connectivity index (χ2n) is 6.71. The molecule has 0 saturated carbocycles. The van der Waals surface area contributed by atoms with Crippen LogP contribution in [0.3, 0.4) is 0 Å². The molecule has 0 bridgehead atoms. The number of benzene rings is 1. The number of hydrogen-bond donors (Lipinski definition) is 1. The van der Waals surface area contributed by atoms with E-state index in [9.17, 15) is 14.4 Å². The van der Waals surface area contributed by atoms with Crippen molar-refractivity contribution in [3.05, 3.63) is 47.9 Å². The number of carbonyl (C=O) groups excluding carboxylic acids is 3. The fraction of sp³-hybridized carbons (Fsp3) is 0.381. The number of esters is 1. The molecule has 0 radical (unpaired) electrons. The van der Waals surface area contributed by atoms with Gasteiger partial charge in [0.15, 0.2) is 23.9 Å². The number of rotatable bonds is 8. The predicted octanol–water partition coefficient (Wildman–Crippen LogP) is 1.76. The van der Waals surface area contributed by atoms with Gasteiger partial charge in [-0.3, -0.25) is 9.59 Å². The summed E-state index contributed by atoms with van der Waals surface area (Å²) in [6.45, 7) is 0.249. The lowest BCUT2D eigenvalue weighted by Gasteiger charge is -2.22. The van der Waals surface area contributed by atoms with Gasteiger partial charge < -0.3 is 28.8 Å². The number of nitrogens with one attached hydrogen (secondary N) is 1. The van der Waals surface area contributed by atoms with Gasteiger partial charge >= 0.3 is 5.97 Å². The standard InChI is InChI=1S/C21H24N2O7/c1-27-16-8-7-14(11-18(16)28-2)12-22-19(24)13-30-21(26)15-5-3-9-23(15)20(25)17-6-4-10-29-17/h4,6-8,10-11,15H,3,5,9,12-13H2,1-2H3,(H,22,24). The lowest BCUT2D eigenvalue weighted by molar-refractivity contribution is -0.152. The third-order valence-corrected chi connectivity index (χ3v) is 4.80. The van der Waals surface area contributed by atoms with Crippen LogP contribution in [-0.4, -0.2) is 56.1 Å². The first-order valence-corrected chi connectivity index (χ1v) is 9.52. The Hall–Kier alpha value is -3.49. The quantitative estimate of drug-likeness (QED) is 0.654. The van der Waals surface area contributed by atoms with Crippen molar-refractivity contribution in [1.82, 2.24) is 10.2 Å². The summed E-state index contributed by atoms with van der Waals surface area (Å²) in [5.74, 6) is -0.0987. The van der Waals surface area contributed by atoms with Gasteiger partial charge in [0.05, 0.1) is 20.5 Å². The molecular weight excluding hydrogens is 392 g/mol. The van der Waals surface area contributed by atoms with Crippen LogP contribution in [0.5, 0.6) is 11.5 Å². The molecule has 9 heteroatoms. The molecule has 0 aliphatic carbocycles.